The van der Waals surface area contributed by atoms with Crippen molar-refractivity contribution >= 4 is 40.2 Å². The lowest BCUT2D eigenvalue weighted by molar-refractivity contribution is -0.123. The number of nitrogens with one attached hydrogen (secondary N) is 1. The van der Waals surface area contributed by atoms with E-state index >= 15 is 0 Å². The number of Topliss-reactive ketones (excluding diaryl/α,β-unsaturated/α-hetero) is 1. The molecule has 178 valence electrons. The molecule has 3 aliphatic heterocycles. The molecule has 2 amide bonds. The average molecular weight is 486 g/mol. The summed E-state index contributed by atoms with van der Waals surface area (Å²) in [4.78, 5) is 54.7. The lowest BCUT2D eigenvalue weighted by atomic mass is 9.94. The number of nitrogens with zero attached hydrogens (tertiary/aromatic N) is 5. The van der Waals surface area contributed by atoms with Gasteiger partial charge >= 0.3 is 0 Å². The normalized spacial score (nSPS) is 18.2. The monoisotopic (exact) mass is 486 g/mol. The summed E-state index contributed by atoms with van der Waals surface area (Å²) >= 11 is 0. The van der Waals surface area contributed by atoms with Gasteiger partial charge in [-0.05, 0) is 29.8 Å². The van der Waals surface area contributed by atoms with Gasteiger partial charge in [0.25, 0.3) is 11.8 Å². The topological polar surface area (TPSA) is 109 Å². The predicted octanol–water partition coefficient (Wildman–Crippen LogP) is 2.73. The fraction of sp³-hybridized carbons (Fsp3) is 0.0714. The first-order valence-electron chi connectivity index (χ1n) is 11.7. The maximum Gasteiger partial charge on any atom is 0.261 e. The molecule has 0 fully saturated rings. The first-order chi connectivity index (χ1) is 18.1. The van der Waals surface area contributed by atoms with Crippen LogP contribution in [0.25, 0.3) is 11.2 Å². The van der Waals surface area contributed by atoms with E-state index in [-0.39, 0.29) is 16.9 Å². The fourth-order valence-electron chi connectivity index (χ4n) is 5.30. The standard InChI is InChI=1S/C28H18N6O3/c35-26(17-6-4-9-29-14-17)19-13-16-5-3-7-18-24(30-10-12-34(19)25(16)18)23-22(27(36)32-28(23)37)20-15-31-21-8-1-2-11-33(20)21/h1-12,14-15,19H,13H2,(H,32,36,37). The SMILES string of the molecule is O=C1NC(=O)C(c2cnc3ccccn23)=C1C1=NC=CN2c3c(cccc31)CC2C(=O)c1cccnc1. The van der Waals surface area contributed by atoms with E-state index in [1.54, 1.807) is 53.7 Å². The lowest BCUT2D eigenvalue weighted by Gasteiger charge is -2.23. The Bertz CT molecular complexity index is 1750. The van der Waals surface area contributed by atoms with Crippen molar-refractivity contribution in [3.8, 4) is 0 Å². The van der Waals surface area contributed by atoms with Crippen LogP contribution in [-0.4, -0.2) is 43.7 Å². The molecule has 7 rings (SSSR count). The number of aromatic nitrogens is 3. The highest BCUT2D eigenvalue weighted by Gasteiger charge is 2.41. The van der Waals surface area contributed by atoms with E-state index in [0.29, 0.717) is 34.6 Å². The number of pyridine rings is 2. The molecule has 1 unspecified atom stereocenters. The molecule has 0 aliphatic carbocycles. The van der Waals surface area contributed by atoms with Gasteiger partial charge in [-0.15, -0.1) is 0 Å². The molecule has 3 aliphatic rings. The number of rotatable bonds is 4. The number of imidazole rings is 1. The first kappa shape index (κ1) is 21.1. The Kier molecular flexibility index (Phi) is 4.52. The number of fused-ring (bicyclic) bond motifs is 1. The second-order valence-electron chi connectivity index (χ2n) is 8.93. The minimum Gasteiger partial charge on any atom is -0.334 e. The fourth-order valence-corrected chi connectivity index (χ4v) is 5.30. The molecule has 1 atom stereocenters. The van der Waals surface area contributed by atoms with Crippen molar-refractivity contribution in [1.82, 2.24) is 19.7 Å². The lowest BCUT2D eigenvalue weighted by Crippen LogP contribution is -2.35. The maximum atomic E-state index is 13.4. The van der Waals surface area contributed by atoms with Crippen molar-refractivity contribution in [2.24, 2.45) is 4.99 Å². The minimum absolute atomic E-state index is 0.0530. The second kappa shape index (κ2) is 7.92. The van der Waals surface area contributed by atoms with E-state index < -0.39 is 17.9 Å². The van der Waals surface area contributed by atoms with E-state index in [4.69, 9.17) is 0 Å². The molecule has 0 bridgehead atoms. The van der Waals surface area contributed by atoms with Crippen molar-refractivity contribution in [1.29, 1.82) is 0 Å². The summed E-state index contributed by atoms with van der Waals surface area (Å²) in [7, 11) is 0. The molecular weight excluding hydrogens is 468 g/mol. The highest BCUT2D eigenvalue weighted by Crippen LogP contribution is 2.40. The third-order valence-electron chi connectivity index (χ3n) is 6.90. The predicted molar refractivity (Wildman–Crippen MR) is 136 cm³/mol. The molecule has 1 N–H and O–H groups in total. The number of ketones is 1. The summed E-state index contributed by atoms with van der Waals surface area (Å²) < 4.78 is 1.77. The Morgan fingerprint density at radius 3 is 2.73 bits per heavy atom. The molecular formula is C28H18N6O3. The number of imide groups is 1. The smallest absolute Gasteiger partial charge is 0.261 e. The summed E-state index contributed by atoms with van der Waals surface area (Å²) in [6.45, 7) is 0. The van der Waals surface area contributed by atoms with Crippen molar-refractivity contribution in [2.45, 2.75) is 12.5 Å². The Morgan fingerprint density at radius 1 is 0.973 bits per heavy atom. The van der Waals surface area contributed by atoms with Crippen LogP contribution < -0.4 is 10.2 Å². The van der Waals surface area contributed by atoms with Crippen molar-refractivity contribution < 1.29 is 14.4 Å². The molecule has 37 heavy (non-hydrogen) atoms. The number of hydrogen-bond donors (Lipinski definition) is 1. The summed E-state index contributed by atoms with van der Waals surface area (Å²) in [6.07, 6.45) is 10.4. The van der Waals surface area contributed by atoms with Gasteiger partial charge in [0, 0.05) is 48.5 Å². The zero-order valence-electron chi connectivity index (χ0n) is 19.3. The number of anilines is 1. The zero-order valence-corrected chi connectivity index (χ0v) is 19.3. The third kappa shape index (κ3) is 3.10. The summed E-state index contributed by atoms with van der Waals surface area (Å²) in [5.74, 6) is -1.08. The van der Waals surface area contributed by atoms with E-state index in [0.717, 1.165) is 11.3 Å². The molecule has 3 aromatic heterocycles. The Labute approximate surface area is 210 Å². The van der Waals surface area contributed by atoms with Crippen LogP contribution in [0.1, 0.15) is 27.2 Å². The van der Waals surface area contributed by atoms with E-state index in [1.165, 1.54) is 0 Å². The van der Waals surface area contributed by atoms with Crippen LogP contribution in [0.3, 0.4) is 0 Å². The van der Waals surface area contributed by atoms with Crippen LogP contribution in [0.5, 0.6) is 0 Å². The van der Waals surface area contributed by atoms with Gasteiger partial charge in [-0.2, -0.15) is 0 Å². The molecule has 0 saturated heterocycles. The van der Waals surface area contributed by atoms with Crippen molar-refractivity contribution in [3.05, 3.63) is 114 Å². The van der Waals surface area contributed by atoms with Gasteiger partial charge in [0.15, 0.2) is 5.78 Å². The summed E-state index contributed by atoms with van der Waals surface area (Å²) in [5.41, 5.74) is 4.88. The largest absolute Gasteiger partial charge is 0.334 e. The van der Waals surface area contributed by atoms with Gasteiger partial charge in [-0.3, -0.25) is 34.1 Å². The Hall–Kier alpha value is -5.18. The van der Waals surface area contributed by atoms with Gasteiger partial charge < -0.3 is 4.90 Å². The molecule has 6 heterocycles. The quantitative estimate of drug-likeness (QED) is 0.351. The first-order valence-corrected chi connectivity index (χ1v) is 11.7. The van der Waals surface area contributed by atoms with Gasteiger partial charge in [-0.25, -0.2) is 4.98 Å². The van der Waals surface area contributed by atoms with Gasteiger partial charge in [0.1, 0.15) is 11.7 Å². The van der Waals surface area contributed by atoms with Crippen LogP contribution in [0, 0.1) is 0 Å². The maximum absolute atomic E-state index is 13.4. The average Bonchev–Trinajstić information content (AvgIpc) is 3.55. The molecule has 0 saturated carbocycles. The Balaban J connectivity index is 1.39. The van der Waals surface area contributed by atoms with E-state index in [2.05, 4.69) is 20.3 Å². The molecule has 9 nitrogen and oxygen atoms in total. The van der Waals surface area contributed by atoms with Gasteiger partial charge in [-0.1, -0.05) is 24.3 Å². The third-order valence-corrected chi connectivity index (χ3v) is 6.90. The number of carbonyl (C=O) groups is 3. The number of amides is 2. The van der Waals surface area contributed by atoms with E-state index in [1.807, 2.05) is 41.3 Å². The van der Waals surface area contributed by atoms with Crippen LogP contribution in [0.4, 0.5) is 5.69 Å². The van der Waals surface area contributed by atoms with Crippen LogP contribution in [0.2, 0.25) is 0 Å². The molecule has 0 spiro atoms. The van der Waals surface area contributed by atoms with Crippen LogP contribution >= 0.6 is 0 Å². The minimum atomic E-state index is -0.523. The number of aliphatic imine (C=N–C) groups is 1. The number of carbonyl (C=O) groups excluding carboxylic acids is 3. The molecule has 9 heteroatoms. The summed E-state index contributed by atoms with van der Waals surface area (Å²) in [6, 6.07) is 14.3. The number of para-hydroxylation sites is 1. The van der Waals surface area contributed by atoms with Crippen molar-refractivity contribution in [2.75, 3.05) is 4.90 Å². The van der Waals surface area contributed by atoms with E-state index in [9.17, 15) is 14.4 Å². The highest BCUT2D eigenvalue weighted by molar-refractivity contribution is 6.47. The Morgan fingerprint density at radius 2 is 1.86 bits per heavy atom. The zero-order chi connectivity index (χ0) is 25.1. The molecule has 0 radical (unpaired) electrons. The second-order valence-corrected chi connectivity index (χ2v) is 8.93. The highest BCUT2D eigenvalue weighted by atomic mass is 16.2. The molecule has 1 aromatic carbocycles. The summed E-state index contributed by atoms with van der Waals surface area (Å²) in [5, 5.41) is 2.44. The number of hydrogen-bond acceptors (Lipinski definition) is 7. The van der Waals surface area contributed by atoms with Crippen LogP contribution in [-0.2, 0) is 16.0 Å². The van der Waals surface area contributed by atoms with Gasteiger partial charge in [0.05, 0.1) is 34.4 Å². The number of benzene rings is 1. The van der Waals surface area contributed by atoms with Crippen molar-refractivity contribution in [3.63, 3.8) is 0 Å². The van der Waals surface area contributed by atoms with Crippen LogP contribution in [0.15, 0.2) is 96.3 Å². The molecule has 4 aromatic rings. The van der Waals surface area contributed by atoms with Gasteiger partial charge in [0.2, 0.25) is 0 Å².